The van der Waals surface area contributed by atoms with Crippen molar-refractivity contribution in [3.63, 3.8) is 0 Å². The van der Waals surface area contributed by atoms with Gasteiger partial charge in [0.25, 0.3) is 0 Å². The van der Waals surface area contributed by atoms with Crippen LogP contribution in [0.5, 0.6) is 0 Å². The van der Waals surface area contributed by atoms with Gasteiger partial charge in [-0.05, 0) is 25.1 Å². The number of anilines is 1. The second-order valence-electron chi connectivity index (χ2n) is 4.16. The van der Waals surface area contributed by atoms with E-state index in [-0.39, 0.29) is 12.1 Å². The Morgan fingerprint density at radius 3 is 2.80 bits per heavy atom. The number of carboxylic acids is 1. The summed E-state index contributed by atoms with van der Waals surface area (Å²) in [6.07, 6.45) is 1.19. The molecule has 2 aromatic rings. The minimum atomic E-state index is -1.10. The van der Waals surface area contributed by atoms with E-state index in [4.69, 9.17) is 5.11 Å². The van der Waals surface area contributed by atoms with Crippen LogP contribution in [0.15, 0.2) is 30.5 Å². The molecule has 0 fully saturated rings. The Morgan fingerprint density at radius 1 is 1.45 bits per heavy atom. The maximum absolute atomic E-state index is 13.0. The van der Waals surface area contributed by atoms with Crippen molar-refractivity contribution in [1.29, 1.82) is 0 Å². The summed E-state index contributed by atoms with van der Waals surface area (Å²) in [5.41, 5.74) is 0.758. The summed E-state index contributed by atoms with van der Waals surface area (Å²) in [5.74, 6) is -1.97. The number of nitrogens with zero attached hydrogens (tertiary/aromatic N) is 2. The highest BCUT2D eigenvalue weighted by Gasteiger charge is 2.14. The summed E-state index contributed by atoms with van der Waals surface area (Å²) >= 11 is 0. The van der Waals surface area contributed by atoms with E-state index in [1.807, 2.05) is 0 Å². The average Bonchev–Trinajstić information content (AvgIpc) is 2.71. The Morgan fingerprint density at radius 2 is 2.20 bits per heavy atom. The number of aromatic carboxylic acids is 1. The number of carbonyl (C=O) groups excluding carboxylic acids is 1. The van der Waals surface area contributed by atoms with Crippen molar-refractivity contribution in [3.8, 4) is 0 Å². The first kappa shape index (κ1) is 13.7. The smallest absolute Gasteiger partial charge is 0.339 e. The lowest BCUT2D eigenvalue weighted by Crippen LogP contribution is -2.20. The number of carboxylic acid groups (broad SMARTS) is 1. The second-order valence-corrected chi connectivity index (χ2v) is 4.16. The van der Waals surface area contributed by atoms with E-state index in [2.05, 4.69) is 10.4 Å². The van der Waals surface area contributed by atoms with E-state index in [0.29, 0.717) is 11.4 Å². The highest BCUT2D eigenvalue weighted by Crippen LogP contribution is 2.10. The van der Waals surface area contributed by atoms with Crippen LogP contribution in [0.3, 0.4) is 0 Å². The molecule has 0 unspecified atom stereocenters. The molecule has 6 nitrogen and oxygen atoms in total. The predicted octanol–water partition coefficient (Wildman–Crippen LogP) is 1.67. The quantitative estimate of drug-likeness (QED) is 0.890. The fourth-order valence-corrected chi connectivity index (χ4v) is 1.72. The van der Waals surface area contributed by atoms with Gasteiger partial charge in [-0.15, -0.1) is 0 Å². The maximum atomic E-state index is 13.0. The molecule has 0 aliphatic carbocycles. The van der Waals surface area contributed by atoms with Gasteiger partial charge >= 0.3 is 5.97 Å². The zero-order valence-corrected chi connectivity index (χ0v) is 10.6. The van der Waals surface area contributed by atoms with Crippen molar-refractivity contribution in [1.82, 2.24) is 9.78 Å². The molecule has 1 heterocycles. The third-order valence-electron chi connectivity index (χ3n) is 2.74. The lowest BCUT2D eigenvalue weighted by Gasteiger charge is -2.07. The van der Waals surface area contributed by atoms with Crippen molar-refractivity contribution in [3.05, 3.63) is 47.5 Å². The monoisotopic (exact) mass is 277 g/mol. The van der Waals surface area contributed by atoms with Crippen LogP contribution in [0, 0.1) is 12.7 Å². The average molecular weight is 277 g/mol. The zero-order valence-electron chi connectivity index (χ0n) is 10.6. The summed E-state index contributed by atoms with van der Waals surface area (Å²) in [4.78, 5) is 22.6. The molecule has 0 spiro atoms. The van der Waals surface area contributed by atoms with Crippen molar-refractivity contribution in [2.45, 2.75) is 13.5 Å². The number of hydrogen-bond donors (Lipinski definition) is 2. The van der Waals surface area contributed by atoms with Gasteiger partial charge in [-0.1, -0.05) is 6.07 Å². The number of aromatic nitrogens is 2. The molecule has 0 saturated heterocycles. The summed E-state index contributed by atoms with van der Waals surface area (Å²) in [5, 5.41) is 15.2. The molecule has 104 valence electrons. The van der Waals surface area contributed by atoms with Gasteiger partial charge in [-0.25, -0.2) is 9.18 Å². The highest BCUT2D eigenvalue weighted by atomic mass is 19.1. The second kappa shape index (κ2) is 5.52. The van der Waals surface area contributed by atoms with Crippen molar-refractivity contribution < 1.29 is 19.1 Å². The van der Waals surface area contributed by atoms with Crippen LogP contribution >= 0.6 is 0 Å². The molecular weight excluding hydrogens is 265 g/mol. The molecule has 0 aliphatic heterocycles. The van der Waals surface area contributed by atoms with E-state index in [1.54, 1.807) is 13.0 Å². The third kappa shape index (κ3) is 3.00. The van der Waals surface area contributed by atoms with E-state index >= 15 is 0 Å². The van der Waals surface area contributed by atoms with E-state index < -0.39 is 17.7 Å². The Hall–Kier alpha value is -2.70. The van der Waals surface area contributed by atoms with E-state index in [9.17, 15) is 14.0 Å². The minimum absolute atomic E-state index is 0.0450. The summed E-state index contributed by atoms with van der Waals surface area (Å²) in [6.45, 7) is 1.42. The SMILES string of the molecule is Cc1c(C(=O)O)cnn1CC(=O)Nc1cccc(F)c1. The summed E-state index contributed by atoms with van der Waals surface area (Å²) < 4.78 is 14.2. The molecule has 0 aliphatic rings. The molecule has 0 radical (unpaired) electrons. The molecule has 0 bridgehead atoms. The number of amides is 1. The first-order valence-electron chi connectivity index (χ1n) is 5.78. The Labute approximate surface area is 113 Å². The van der Waals surface area contributed by atoms with E-state index in [1.165, 1.54) is 29.1 Å². The number of carbonyl (C=O) groups is 2. The van der Waals surface area contributed by atoms with Crippen LogP contribution in [0.25, 0.3) is 0 Å². The fourth-order valence-electron chi connectivity index (χ4n) is 1.72. The van der Waals surface area contributed by atoms with Gasteiger partial charge in [-0.3, -0.25) is 9.48 Å². The molecule has 1 amide bonds. The Bertz CT molecular complexity index is 667. The van der Waals surface area contributed by atoms with Gasteiger partial charge in [0, 0.05) is 5.69 Å². The first-order chi connectivity index (χ1) is 9.47. The Balaban J connectivity index is 2.07. The molecule has 0 saturated carbocycles. The van der Waals surface area contributed by atoms with Crippen LogP contribution < -0.4 is 5.32 Å². The van der Waals surface area contributed by atoms with Crippen molar-refractivity contribution in [2.75, 3.05) is 5.32 Å². The molecule has 1 aromatic heterocycles. The van der Waals surface area contributed by atoms with Gasteiger partial charge in [0.15, 0.2) is 0 Å². The predicted molar refractivity (Wildman–Crippen MR) is 69.0 cm³/mol. The highest BCUT2D eigenvalue weighted by molar-refractivity contribution is 5.91. The fraction of sp³-hybridized carbons (Fsp3) is 0.154. The molecule has 7 heteroatoms. The molecule has 2 rings (SSSR count). The zero-order chi connectivity index (χ0) is 14.7. The van der Waals surface area contributed by atoms with Gasteiger partial charge in [0.2, 0.25) is 5.91 Å². The molecule has 2 N–H and O–H groups in total. The van der Waals surface area contributed by atoms with Gasteiger partial charge in [0.05, 0.1) is 11.9 Å². The summed E-state index contributed by atoms with van der Waals surface area (Å²) in [7, 11) is 0. The lowest BCUT2D eigenvalue weighted by molar-refractivity contribution is -0.116. The van der Waals surface area contributed by atoms with Gasteiger partial charge in [-0.2, -0.15) is 5.10 Å². The Kier molecular flexibility index (Phi) is 3.79. The van der Waals surface area contributed by atoms with Crippen LogP contribution in [0.4, 0.5) is 10.1 Å². The normalized spacial score (nSPS) is 10.3. The lowest BCUT2D eigenvalue weighted by atomic mass is 10.2. The first-order valence-corrected chi connectivity index (χ1v) is 5.78. The maximum Gasteiger partial charge on any atom is 0.339 e. The minimum Gasteiger partial charge on any atom is -0.478 e. The number of nitrogens with one attached hydrogen (secondary N) is 1. The van der Waals surface area contributed by atoms with Crippen molar-refractivity contribution in [2.24, 2.45) is 0 Å². The van der Waals surface area contributed by atoms with E-state index in [0.717, 1.165) is 0 Å². The molecular formula is C13H12FN3O3. The number of hydrogen-bond acceptors (Lipinski definition) is 3. The number of rotatable bonds is 4. The summed E-state index contributed by atoms with van der Waals surface area (Å²) in [6, 6.07) is 5.50. The topological polar surface area (TPSA) is 84.2 Å². The van der Waals surface area contributed by atoms with Crippen molar-refractivity contribution >= 4 is 17.6 Å². The van der Waals surface area contributed by atoms with Crippen LogP contribution in [-0.4, -0.2) is 26.8 Å². The van der Waals surface area contributed by atoms with Gasteiger partial charge < -0.3 is 10.4 Å². The van der Waals surface area contributed by atoms with Gasteiger partial charge in [0.1, 0.15) is 17.9 Å². The molecule has 20 heavy (non-hydrogen) atoms. The number of benzene rings is 1. The number of halogens is 1. The van der Waals surface area contributed by atoms with Crippen LogP contribution in [0.1, 0.15) is 16.1 Å². The molecule has 1 aromatic carbocycles. The molecule has 0 atom stereocenters. The van der Waals surface area contributed by atoms with Crippen LogP contribution in [-0.2, 0) is 11.3 Å². The van der Waals surface area contributed by atoms with Crippen LogP contribution in [0.2, 0.25) is 0 Å². The largest absolute Gasteiger partial charge is 0.478 e. The third-order valence-corrected chi connectivity index (χ3v) is 2.74. The standard InChI is InChI=1S/C13H12FN3O3/c1-8-11(13(19)20)6-15-17(8)7-12(18)16-10-4-2-3-9(14)5-10/h2-6H,7H2,1H3,(H,16,18)(H,19,20).